The van der Waals surface area contributed by atoms with E-state index in [-0.39, 0.29) is 17.6 Å². The molecular weight excluding hydrogens is 270 g/mol. The van der Waals surface area contributed by atoms with E-state index in [1.807, 2.05) is 11.4 Å². The number of aliphatic carboxylic acids is 1. The Labute approximate surface area is 114 Å². The van der Waals surface area contributed by atoms with Gasteiger partial charge in [0.15, 0.2) is 0 Å². The van der Waals surface area contributed by atoms with E-state index in [1.54, 1.807) is 23.1 Å². The SMILES string of the molecule is O=C(O)CCCNC(=O)[C@@H]1SCCc2sccc21. The quantitative estimate of drug-likeness (QED) is 0.813. The Morgan fingerprint density at radius 2 is 2.33 bits per heavy atom. The van der Waals surface area contributed by atoms with E-state index in [1.165, 1.54) is 4.88 Å². The van der Waals surface area contributed by atoms with E-state index in [0.717, 1.165) is 17.7 Å². The number of hydrogen-bond acceptors (Lipinski definition) is 4. The lowest BCUT2D eigenvalue weighted by atomic mass is 10.1. The maximum absolute atomic E-state index is 12.0. The van der Waals surface area contributed by atoms with Gasteiger partial charge in [-0.25, -0.2) is 0 Å². The molecule has 1 aromatic rings. The number of carboxylic acids is 1. The van der Waals surface area contributed by atoms with Crippen molar-refractivity contribution in [1.29, 1.82) is 0 Å². The number of amides is 1. The maximum atomic E-state index is 12.0. The molecule has 0 fully saturated rings. The molecule has 0 spiro atoms. The Balaban J connectivity index is 1.85. The summed E-state index contributed by atoms with van der Waals surface area (Å²) in [6.45, 7) is 0.432. The highest BCUT2D eigenvalue weighted by molar-refractivity contribution is 8.00. The third kappa shape index (κ3) is 3.26. The van der Waals surface area contributed by atoms with Crippen LogP contribution in [-0.2, 0) is 16.0 Å². The molecule has 1 aliphatic heterocycles. The second kappa shape index (κ2) is 6.24. The molecule has 0 radical (unpaired) electrons. The highest BCUT2D eigenvalue weighted by atomic mass is 32.2. The van der Waals surface area contributed by atoms with Crippen LogP contribution in [0.2, 0.25) is 0 Å². The predicted molar refractivity (Wildman–Crippen MR) is 73.1 cm³/mol. The van der Waals surface area contributed by atoms with Crippen molar-refractivity contribution < 1.29 is 14.7 Å². The molecular formula is C12H15NO3S2. The van der Waals surface area contributed by atoms with Gasteiger partial charge in [-0.2, -0.15) is 0 Å². The van der Waals surface area contributed by atoms with Crippen LogP contribution in [0.25, 0.3) is 0 Å². The van der Waals surface area contributed by atoms with Crippen molar-refractivity contribution in [2.45, 2.75) is 24.5 Å². The number of carbonyl (C=O) groups is 2. The highest BCUT2D eigenvalue weighted by Crippen LogP contribution is 2.39. The minimum absolute atomic E-state index is 0.00439. The third-order valence-electron chi connectivity index (χ3n) is 2.78. The van der Waals surface area contributed by atoms with Crippen molar-refractivity contribution in [2.24, 2.45) is 0 Å². The minimum Gasteiger partial charge on any atom is -0.481 e. The second-order valence-corrected chi connectivity index (χ2v) is 6.30. The summed E-state index contributed by atoms with van der Waals surface area (Å²) in [5.41, 5.74) is 1.13. The molecule has 18 heavy (non-hydrogen) atoms. The summed E-state index contributed by atoms with van der Waals surface area (Å²) in [5, 5.41) is 13.2. The van der Waals surface area contributed by atoms with E-state index in [9.17, 15) is 9.59 Å². The molecule has 6 heteroatoms. The first-order valence-electron chi connectivity index (χ1n) is 5.86. The summed E-state index contributed by atoms with van der Waals surface area (Å²) in [5.74, 6) is 0.155. The Hall–Kier alpha value is -1.01. The third-order valence-corrected chi connectivity index (χ3v) is 5.02. The number of thiophene rings is 1. The molecule has 0 aliphatic carbocycles. The zero-order valence-electron chi connectivity index (χ0n) is 9.85. The highest BCUT2D eigenvalue weighted by Gasteiger charge is 2.27. The number of rotatable bonds is 5. The fourth-order valence-electron chi connectivity index (χ4n) is 1.91. The molecule has 1 atom stereocenters. The lowest BCUT2D eigenvalue weighted by Crippen LogP contribution is -2.30. The first-order valence-corrected chi connectivity index (χ1v) is 7.78. The fraction of sp³-hybridized carbons (Fsp3) is 0.500. The van der Waals surface area contributed by atoms with Gasteiger partial charge in [0.2, 0.25) is 5.91 Å². The van der Waals surface area contributed by atoms with Crippen molar-refractivity contribution in [2.75, 3.05) is 12.3 Å². The van der Waals surface area contributed by atoms with Crippen LogP contribution in [0.5, 0.6) is 0 Å². The van der Waals surface area contributed by atoms with E-state index in [4.69, 9.17) is 5.11 Å². The molecule has 4 nitrogen and oxygen atoms in total. The van der Waals surface area contributed by atoms with Crippen molar-refractivity contribution in [1.82, 2.24) is 5.32 Å². The van der Waals surface area contributed by atoms with Crippen LogP contribution in [0.4, 0.5) is 0 Å². The molecule has 0 aromatic carbocycles. The summed E-state index contributed by atoms with van der Waals surface area (Å²) in [6.07, 6.45) is 1.62. The molecule has 2 N–H and O–H groups in total. The molecule has 0 saturated heterocycles. The molecule has 0 bridgehead atoms. The fourth-order valence-corrected chi connectivity index (χ4v) is 4.22. The molecule has 1 aliphatic rings. The van der Waals surface area contributed by atoms with Crippen molar-refractivity contribution in [3.05, 3.63) is 21.9 Å². The Morgan fingerprint density at radius 1 is 1.50 bits per heavy atom. The number of thioether (sulfide) groups is 1. The molecule has 0 unspecified atom stereocenters. The zero-order chi connectivity index (χ0) is 13.0. The number of carbonyl (C=O) groups excluding carboxylic acids is 1. The average Bonchev–Trinajstić information content (AvgIpc) is 2.82. The van der Waals surface area contributed by atoms with Crippen LogP contribution in [0, 0.1) is 0 Å². The summed E-state index contributed by atoms with van der Waals surface area (Å²) < 4.78 is 0. The van der Waals surface area contributed by atoms with Gasteiger partial charge in [0.1, 0.15) is 5.25 Å². The number of hydrogen-bond donors (Lipinski definition) is 2. The van der Waals surface area contributed by atoms with Crippen LogP contribution < -0.4 is 5.32 Å². The van der Waals surface area contributed by atoms with E-state index in [2.05, 4.69) is 5.32 Å². The summed E-state index contributed by atoms with van der Waals surface area (Å²) in [6, 6.07) is 2.02. The first kappa shape index (κ1) is 13.4. The van der Waals surface area contributed by atoms with Gasteiger partial charge in [-0.15, -0.1) is 23.1 Å². The van der Waals surface area contributed by atoms with Gasteiger partial charge in [-0.3, -0.25) is 9.59 Å². The van der Waals surface area contributed by atoms with Crippen LogP contribution in [-0.4, -0.2) is 29.3 Å². The molecule has 98 valence electrons. The van der Waals surface area contributed by atoms with Gasteiger partial charge in [0, 0.05) is 17.8 Å². The van der Waals surface area contributed by atoms with Crippen molar-refractivity contribution >= 4 is 35.0 Å². The lowest BCUT2D eigenvalue weighted by molar-refractivity contribution is -0.137. The Morgan fingerprint density at radius 3 is 3.11 bits per heavy atom. The molecule has 0 saturated carbocycles. The summed E-state index contributed by atoms with van der Waals surface area (Å²) in [7, 11) is 0. The normalized spacial score (nSPS) is 18.1. The van der Waals surface area contributed by atoms with E-state index >= 15 is 0 Å². The van der Waals surface area contributed by atoms with Gasteiger partial charge >= 0.3 is 5.97 Å². The minimum atomic E-state index is -0.823. The number of fused-ring (bicyclic) bond motifs is 1. The zero-order valence-corrected chi connectivity index (χ0v) is 11.5. The van der Waals surface area contributed by atoms with Gasteiger partial charge in [-0.05, 0) is 35.6 Å². The number of aryl methyl sites for hydroxylation is 1. The van der Waals surface area contributed by atoms with Gasteiger partial charge in [0.05, 0.1) is 0 Å². The molecule has 1 amide bonds. The van der Waals surface area contributed by atoms with Gasteiger partial charge < -0.3 is 10.4 Å². The van der Waals surface area contributed by atoms with E-state index in [0.29, 0.717) is 13.0 Å². The van der Waals surface area contributed by atoms with Crippen LogP contribution >= 0.6 is 23.1 Å². The molecule has 2 heterocycles. The average molecular weight is 285 g/mol. The number of nitrogens with one attached hydrogen (secondary N) is 1. The maximum Gasteiger partial charge on any atom is 0.303 e. The van der Waals surface area contributed by atoms with E-state index < -0.39 is 5.97 Å². The predicted octanol–water partition coefficient (Wildman–Crippen LogP) is 2.06. The topological polar surface area (TPSA) is 66.4 Å². The van der Waals surface area contributed by atoms with Crippen LogP contribution in [0.1, 0.15) is 28.5 Å². The number of carboxylic acid groups (broad SMARTS) is 1. The van der Waals surface area contributed by atoms with Gasteiger partial charge in [-0.1, -0.05) is 0 Å². The van der Waals surface area contributed by atoms with Gasteiger partial charge in [0.25, 0.3) is 0 Å². The van der Waals surface area contributed by atoms with Crippen molar-refractivity contribution in [3.63, 3.8) is 0 Å². The smallest absolute Gasteiger partial charge is 0.303 e. The monoisotopic (exact) mass is 285 g/mol. The Bertz CT molecular complexity index is 444. The summed E-state index contributed by atoms with van der Waals surface area (Å²) in [4.78, 5) is 23.7. The van der Waals surface area contributed by atoms with Crippen LogP contribution in [0.15, 0.2) is 11.4 Å². The lowest BCUT2D eigenvalue weighted by Gasteiger charge is -2.21. The summed E-state index contributed by atoms with van der Waals surface area (Å²) >= 11 is 3.37. The second-order valence-electron chi connectivity index (χ2n) is 4.09. The van der Waals surface area contributed by atoms with Crippen LogP contribution in [0.3, 0.4) is 0 Å². The standard InChI is InChI=1S/C12H15NO3S2/c14-10(15)2-1-5-13-12(16)11-8-3-6-17-9(8)4-7-18-11/h3,6,11H,1-2,4-5,7H2,(H,13,16)(H,14,15)/t11-/m1/s1. The first-order chi connectivity index (χ1) is 8.68. The van der Waals surface area contributed by atoms with Crippen molar-refractivity contribution in [3.8, 4) is 0 Å². The molecule has 1 aromatic heterocycles. The largest absolute Gasteiger partial charge is 0.481 e. The molecule has 2 rings (SSSR count). The Kier molecular flexibility index (Phi) is 4.66.